The van der Waals surface area contributed by atoms with Gasteiger partial charge in [-0.2, -0.15) is 0 Å². The van der Waals surface area contributed by atoms with E-state index in [1.807, 2.05) is 42.5 Å². The van der Waals surface area contributed by atoms with Gasteiger partial charge in [-0.3, -0.25) is 10.1 Å². The largest absolute Gasteiger partial charge is 0.264 e. The highest BCUT2D eigenvalue weighted by atomic mass is 16.6. The smallest absolute Gasteiger partial charge is 0.223 e. The normalized spacial score (nSPS) is 25.1. The summed E-state index contributed by atoms with van der Waals surface area (Å²) < 4.78 is 0. The van der Waals surface area contributed by atoms with Crippen LogP contribution < -0.4 is 0 Å². The molecule has 78 valence electrons. The number of allylic oxidation sites excluding steroid dienone is 1. The first kappa shape index (κ1) is 9.90. The second-order valence-electron chi connectivity index (χ2n) is 3.81. The van der Waals surface area contributed by atoms with Crippen molar-refractivity contribution in [3.8, 4) is 0 Å². The molecule has 0 unspecified atom stereocenters. The second kappa shape index (κ2) is 4.26. The topological polar surface area (TPSA) is 43.1 Å². The van der Waals surface area contributed by atoms with Gasteiger partial charge in [-0.05, 0) is 12.0 Å². The van der Waals surface area contributed by atoms with Crippen LogP contribution in [0.5, 0.6) is 0 Å². The van der Waals surface area contributed by atoms with Gasteiger partial charge in [0.05, 0.1) is 5.92 Å². The molecule has 0 heterocycles. The number of nitro groups is 1. The zero-order chi connectivity index (χ0) is 10.7. The van der Waals surface area contributed by atoms with Crippen LogP contribution in [0.15, 0.2) is 42.5 Å². The van der Waals surface area contributed by atoms with E-state index in [1.54, 1.807) is 0 Å². The molecule has 0 N–H and O–H groups in total. The molecular formula is C12H13NO2. The highest BCUT2D eigenvalue weighted by Gasteiger charge is 2.32. The Labute approximate surface area is 88.6 Å². The van der Waals surface area contributed by atoms with Gasteiger partial charge in [0.1, 0.15) is 0 Å². The third kappa shape index (κ3) is 2.06. The number of benzene rings is 1. The molecule has 1 aromatic carbocycles. The third-order valence-electron chi connectivity index (χ3n) is 2.90. The minimum absolute atomic E-state index is 0.0335. The van der Waals surface area contributed by atoms with Gasteiger partial charge < -0.3 is 0 Å². The Bertz CT molecular complexity index is 372. The minimum atomic E-state index is -0.461. The van der Waals surface area contributed by atoms with Gasteiger partial charge in [0.2, 0.25) is 6.04 Å². The van der Waals surface area contributed by atoms with Gasteiger partial charge in [0.15, 0.2) is 0 Å². The van der Waals surface area contributed by atoms with Crippen molar-refractivity contribution >= 4 is 0 Å². The Morgan fingerprint density at radius 1 is 1.13 bits per heavy atom. The average molecular weight is 203 g/mol. The average Bonchev–Trinajstić information content (AvgIpc) is 2.30. The molecule has 0 spiro atoms. The summed E-state index contributed by atoms with van der Waals surface area (Å²) >= 11 is 0. The van der Waals surface area contributed by atoms with E-state index in [0.29, 0.717) is 6.42 Å². The van der Waals surface area contributed by atoms with E-state index >= 15 is 0 Å². The zero-order valence-corrected chi connectivity index (χ0v) is 8.37. The summed E-state index contributed by atoms with van der Waals surface area (Å²) in [5, 5.41) is 10.9. The van der Waals surface area contributed by atoms with E-state index < -0.39 is 6.04 Å². The first-order valence-electron chi connectivity index (χ1n) is 5.12. The lowest BCUT2D eigenvalue weighted by molar-refractivity contribution is -0.526. The van der Waals surface area contributed by atoms with Crippen LogP contribution in [0.4, 0.5) is 0 Å². The number of nitrogens with zero attached hydrogens (tertiary/aromatic N) is 1. The quantitative estimate of drug-likeness (QED) is 0.421. The summed E-state index contributed by atoms with van der Waals surface area (Å²) in [6, 6.07) is 9.29. The molecule has 1 aliphatic carbocycles. The Balaban J connectivity index is 2.27. The molecule has 0 saturated carbocycles. The Kier molecular flexibility index (Phi) is 2.81. The van der Waals surface area contributed by atoms with Crippen molar-refractivity contribution in [2.24, 2.45) is 0 Å². The third-order valence-corrected chi connectivity index (χ3v) is 2.90. The van der Waals surface area contributed by atoms with E-state index in [4.69, 9.17) is 0 Å². The van der Waals surface area contributed by atoms with E-state index in [1.165, 1.54) is 0 Å². The van der Waals surface area contributed by atoms with Gasteiger partial charge >= 0.3 is 0 Å². The molecule has 0 radical (unpaired) electrons. The Morgan fingerprint density at radius 3 is 2.47 bits per heavy atom. The maximum Gasteiger partial charge on any atom is 0.223 e. The number of hydrogen-bond donors (Lipinski definition) is 0. The fourth-order valence-electron chi connectivity index (χ4n) is 2.09. The van der Waals surface area contributed by atoms with Crippen LogP contribution >= 0.6 is 0 Å². The van der Waals surface area contributed by atoms with Crippen LogP contribution in [0.3, 0.4) is 0 Å². The lowest BCUT2D eigenvalue weighted by Crippen LogP contribution is -2.28. The first-order valence-corrected chi connectivity index (χ1v) is 5.12. The summed E-state index contributed by atoms with van der Waals surface area (Å²) in [5.41, 5.74) is 1.07. The van der Waals surface area contributed by atoms with Crippen molar-refractivity contribution in [3.05, 3.63) is 58.2 Å². The van der Waals surface area contributed by atoms with E-state index in [9.17, 15) is 10.1 Å². The maximum absolute atomic E-state index is 10.9. The van der Waals surface area contributed by atoms with Crippen LogP contribution in [0, 0.1) is 10.1 Å². The molecule has 0 saturated heterocycles. The molecule has 1 aliphatic rings. The lowest BCUT2D eigenvalue weighted by atomic mass is 9.84. The van der Waals surface area contributed by atoms with Crippen molar-refractivity contribution in [3.63, 3.8) is 0 Å². The molecule has 0 bridgehead atoms. The fourth-order valence-corrected chi connectivity index (χ4v) is 2.09. The van der Waals surface area contributed by atoms with E-state index in [2.05, 4.69) is 0 Å². The standard InChI is InChI=1S/C12H13NO2/c14-13(15)12-9-5-4-8-11(12)10-6-2-1-3-7-10/h1-7,11-12H,8-9H2/t11-,12-/m0/s1. The predicted octanol–water partition coefficient (Wildman–Crippen LogP) is 2.77. The Hall–Kier alpha value is -1.64. The van der Waals surface area contributed by atoms with Crippen LogP contribution in [-0.4, -0.2) is 11.0 Å². The van der Waals surface area contributed by atoms with Gasteiger partial charge in [0, 0.05) is 11.3 Å². The lowest BCUT2D eigenvalue weighted by Gasteiger charge is -2.22. The predicted molar refractivity (Wildman–Crippen MR) is 58.3 cm³/mol. The molecule has 1 aromatic rings. The molecule has 0 aromatic heterocycles. The first-order chi connectivity index (χ1) is 7.29. The van der Waals surface area contributed by atoms with Crippen LogP contribution in [-0.2, 0) is 0 Å². The number of rotatable bonds is 2. The maximum atomic E-state index is 10.9. The molecule has 2 atom stereocenters. The van der Waals surface area contributed by atoms with Crippen molar-refractivity contribution < 1.29 is 4.92 Å². The van der Waals surface area contributed by atoms with Crippen molar-refractivity contribution in [2.45, 2.75) is 24.8 Å². The van der Waals surface area contributed by atoms with Crippen molar-refractivity contribution in [2.75, 3.05) is 0 Å². The SMILES string of the molecule is O=[N+]([O-])[C@H]1CC=CC[C@H]1c1ccccc1. The van der Waals surface area contributed by atoms with Crippen LogP contribution in [0.1, 0.15) is 24.3 Å². The molecule has 15 heavy (non-hydrogen) atoms. The van der Waals surface area contributed by atoms with Crippen molar-refractivity contribution in [1.29, 1.82) is 0 Å². The summed E-state index contributed by atoms with van der Waals surface area (Å²) in [6.07, 6.45) is 5.27. The highest BCUT2D eigenvalue weighted by Crippen LogP contribution is 2.30. The Morgan fingerprint density at radius 2 is 1.80 bits per heavy atom. The fraction of sp³-hybridized carbons (Fsp3) is 0.333. The van der Waals surface area contributed by atoms with Gasteiger partial charge in [-0.1, -0.05) is 42.5 Å². The highest BCUT2D eigenvalue weighted by molar-refractivity contribution is 5.23. The molecule has 0 amide bonds. The molecular weight excluding hydrogens is 190 g/mol. The van der Waals surface area contributed by atoms with E-state index in [0.717, 1.165) is 12.0 Å². The number of hydrogen-bond acceptors (Lipinski definition) is 2. The summed E-state index contributed by atoms with van der Waals surface area (Å²) in [4.78, 5) is 10.8. The summed E-state index contributed by atoms with van der Waals surface area (Å²) in [6.45, 7) is 0. The summed E-state index contributed by atoms with van der Waals surface area (Å²) in [5.74, 6) is 0.0335. The monoisotopic (exact) mass is 203 g/mol. The van der Waals surface area contributed by atoms with Gasteiger partial charge in [0.25, 0.3) is 0 Å². The van der Waals surface area contributed by atoms with Crippen LogP contribution in [0.25, 0.3) is 0 Å². The van der Waals surface area contributed by atoms with Gasteiger partial charge in [-0.25, -0.2) is 0 Å². The van der Waals surface area contributed by atoms with Gasteiger partial charge in [-0.15, -0.1) is 0 Å². The molecule has 3 heteroatoms. The molecule has 3 nitrogen and oxygen atoms in total. The summed E-state index contributed by atoms with van der Waals surface area (Å²) in [7, 11) is 0. The van der Waals surface area contributed by atoms with Crippen molar-refractivity contribution in [1.82, 2.24) is 0 Å². The molecule has 2 rings (SSSR count). The molecule has 0 fully saturated rings. The van der Waals surface area contributed by atoms with E-state index in [-0.39, 0.29) is 10.8 Å². The zero-order valence-electron chi connectivity index (χ0n) is 8.37. The second-order valence-corrected chi connectivity index (χ2v) is 3.81. The molecule has 0 aliphatic heterocycles. The van der Waals surface area contributed by atoms with Crippen LogP contribution in [0.2, 0.25) is 0 Å². The minimum Gasteiger partial charge on any atom is -0.264 e.